The molecule has 1 amide bonds. The number of hydrogen-bond acceptors (Lipinski definition) is 2. The zero-order valence-corrected chi connectivity index (χ0v) is 12.8. The molecule has 0 aliphatic heterocycles. The van der Waals surface area contributed by atoms with E-state index >= 15 is 0 Å². The predicted octanol–water partition coefficient (Wildman–Crippen LogP) is 4.18. The van der Waals surface area contributed by atoms with Crippen molar-refractivity contribution in [2.24, 2.45) is 0 Å². The summed E-state index contributed by atoms with van der Waals surface area (Å²) in [5.41, 5.74) is 0.658. The summed E-state index contributed by atoms with van der Waals surface area (Å²) < 4.78 is 0. The lowest BCUT2D eigenvalue weighted by Crippen LogP contribution is -2.30. The van der Waals surface area contributed by atoms with Gasteiger partial charge in [-0.05, 0) is 48.2 Å². The SMILES string of the molecule is CCN(CC)C(=O)c1ccc2c(c1)cc(O)c1ccccc12. The highest BCUT2D eigenvalue weighted by molar-refractivity contribution is 6.11. The van der Waals surface area contributed by atoms with Crippen molar-refractivity contribution in [1.82, 2.24) is 4.90 Å². The predicted molar refractivity (Wildman–Crippen MR) is 90.4 cm³/mol. The van der Waals surface area contributed by atoms with Crippen LogP contribution in [0.1, 0.15) is 24.2 Å². The third-order valence-corrected chi connectivity index (χ3v) is 4.13. The lowest BCUT2D eigenvalue weighted by atomic mass is 9.99. The Morgan fingerprint density at radius 1 is 0.955 bits per heavy atom. The van der Waals surface area contributed by atoms with Crippen LogP contribution in [0.15, 0.2) is 48.5 Å². The molecule has 0 aliphatic rings. The van der Waals surface area contributed by atoms with Gasteiger partial charge in [-0.1, -0.05) is 30.3 Å². The average Bonchev–Trinajstić information content (AvgIpc) is 2.55. The van der Waals surface area contributed by atoms with Gasteiger partial charge < -0.3 is 10.0 Å². The number of carbonyl (C=O) groups is 1. The fourth-order valence-corrected chi connectivity index (χ4v) is 2.92. The van der Waals surface area contributed by atoms with Crippen molar-refractivity contribution in [3.8, 4) is 5.75 Å². The molecule has 0 aromatic heterocycles. The number of rotatable bonds is 3. The van der Waals surface area contributed by atoms with Gasteiger partial charge in [0.2, 0.25) is 0 Å². The molecule has 0 unspecified atom stereocenters. The van der Waals surface area contributed by atoms with Crippen LogP contribution in [0.4, 0.5) is 0 Å². The average molecular weight is 293 g/mol. The van der Waals surface area contributed by atoms with Gasteiger partial charge in [-0.2, -0.15) is 0 Å². The van der Waals surface area contributed by atoms with Crippen LogP contribution in [-0.4, -0.2) is 29.0 Å². The highest BCUT2D eigenvalue weighted by Crippen LogP contribution is 2.33. The van der Waals surface area contributed by atoms with E-state index in [1.807, 2.05) is 56.3 Å². The Balaban J connectivity index is 2.19. The maximum Gasteiger partial charge on any atom is 0.253 e. The number of nitrogens with zero attached hydrogens (tertiary/aromatic N) is 1. The van der Waals surface area contributed by atoms with Crippen molar-refractivity contribution < 1.29 is 9.90 Å². The molecule has 3 aromatic carbocycles. The minimum absolute atomic E-state index is 0.0274. The zero-order chi connectivity index (χ0) is 15.7. The number of hydrogen-bond donors (Lipinski definition) is 1. The molecule has 0 heterocycles. The van der Waals surface area contributed by atoms with Crippen LogP contribution in [0.5, 0.6) is 5.75 Å². The van der Waals surface area contributed by atoms with Crippen molar-refractivity contribution >= 4 is 27.5 Å². The monoisotopic (exact) mass is 293 g/mol. The van der Waals surface area contributed by atoms with Gasteiger partial charge in [-0.25, -0.2) is 0 Å². The van der Waals surface area contributed by atoms with Gasteiger partial charge in [0.1, 0.15) is 5.75 Å². The Morgan fingerprint density at radius 2 is 1.64 bits per heavy atom. The largest absolute Gasteiger partial charge is 0.507 e. The second-order valence-electron chi connectivity index (χ2n) is 5.35. The molecule has 0 radical (unpaired) electrons. The first-order valence-corrected chi connectivity index (χ1v) is 7.59. The summed E-state index contributed by atoms with van der Waals surface area (Å²) >= 11 is 0. The van der Waals surface area contributed by atoms with Crippen LogP contribution < -0.4 is 0 Å². The number of benzene rings is 3. The number of aromatic hydroxyl groups is 1. The van der Waals surface area contributed by atoms with E-state index in [4.69, 9.17) is 0 Å². The molecule has 3 heteroatoms. The van der Waals surface area contributed by atoms with Crippen LogP contribution in [0.3, 0.4) is 0 Å². The Bertz CT molecular complexity index is 851. The maximum absolute atomic E-state index is 12.5. The lowest BCUT2D eigenvalue weighted by Gasteiger charge is -2.19. The molecule has 3 rings (SSSR count). The fourth-order valence-electron chi connectivity index (χ4n) is 2.92. The molecule has 3 aromatic rings. The second-order valence-corrected chi connectivity index (χ2v) is 5.35. The fraction of sp³-hybridized carbons (Fsp3) is 0.211. The van der Waals surface area contributed by atoms with E-state index in [1.54, 1.807) is 11.0 Å². The molecule has 0 spiro atoms. The third kappa shape index (κ3) is 2.29. The van der Waals surface area contributed by atoms with Crippen molar-refractivity contribution in [1.29, 1.82) is 0 Å². The Morgan fingerprint density at radius 3 is 2.32 bits per heavy atom. The van der Waals surface area contributed by atoms with Crippen LogP contribution >= 0.6 is 0 Å². The molecular formula is C19H19NO2. The van der Waals surface area contributed by atoms with E-state index in [-0.39, 0.29) is 11.7 Å². The second kappa shape index (κ2) is 5.68. The molecule has 0 aliphatic carbocycles. The molecule has 22 heavy (non-hydrogen) atoms. The van der Waals surface area contributed by atoms with Crippen molar-refractivity contribution in [3.05, 3.63) is 54.1 Å². The first-order valence-electron chi connectivity index (χ1n) is 7.59. The van der Waals surface area contributed by atoms with Crippen LogP contribution in [0, 0.1) is 0 Å². The normalized spacial score (nSPS) is 11.0. The number of carbonyl (C=O) groups excluding carboxylic acids is 1. The van der Waals surface area contributed by atoms with Gasteiger partial charge in [0.15, 0.2) is 0 Å². The minimum Gasteiger partial charge on any atom is -0.507 e. The molecule has 112 valence electrons. The highest BCUT2D eigenvalue weighted by Gasteiger charge is 2.14. The topological polar surface area (TPSA) is 40.5 Å². The quantitative estimate of drug-likeness (QED) is 0.736. The Labute approximate surface area is 129 Å². The van der Waals surface area contributed by atoms with Crippen molar-refractivity contribution in [2.45, 2.75) is 13.8 Å². The van der Waals surface area contributed by atoms with Crippen LogP contribution in [-0.2, 0) is 0 Å². The maximum atomic E-state index is 12.5. The summed E-state index contributed by atoms with van der Waals surface area (Å²) in [4.78, 5) is 14.3. The summed E-state index contributed by atoms with van der Waals surface area (Å²) in [6.45, 7) is 5.33. The van der Waals surface area contributed by atoms with E-state index in [0.717, 1.165) is 21.5 Å². The Hall–Kier alpha value is -2.55. The van der Waals surface area contributed by atoms with Gasteiger partial charge in [-0.3, -0.25) is 4.79 Å². The zero-order valence-electron chi connectivity index (χ0n) is 12.8. The van der Waals surface area contributed by atoms with Gasteiger partial charge in [-0.15, -0.1) is 0 Å². The molecule has 3 nitrogen and oxygen atoms in total. The van der Waals surface area contributed by atoms with E-state index in [9.17, 15) is 9.90 Å². The molecular weight excluding hydrogens is 274 g/mol. The van der Waals surface area contributed by atoms with Gasteiger partial charge >= 0.3 is 0 Å². The summed E-state index contributed by atoms with van der Waals surface area (Å²) in [5, 5.41) is 14.0. The molecule has 0 saturated carbocycles. The first-order chi connectivity index (χ1) is 10.7. The van der Waals surface area contributed by atoms with E-state index in [0.29, 0.717) is 18.7 Å². The number of fused-ring (bicyclic) bond motifs is 3. The Kier molecular flexibility index (Phi) is 3.72. The third-order valence-electron chi connectivity index (χ3n) is 4.13. The molecule has 0 fully saturated rings. The van der Waals surface area contributed by atoms with E-state index in [1.165, 1.54) is 0 Å². The van der Waals surface area contributed by atoms with Crippen LogP contribution in [0.25, 0.3) is 21.5 Å². The first kappa shape index (κ1) is 14.4. The standard InChI is InChI=1S/C19H19NO2/c1-3-20(4-2)19(22)13-9-10-15-14(11-13)12-18(21)17-8-6-5-7-16(15)17/h5-12,21H,3-4H2,1-2H3. The van der Waals surface area contributed by atoms with Gasteiger partial charge in [0, 0.05) is 24.0 Å². The summed E-state index contributed by atoms with van der Waals surface area (Å²) in [6, 6.07) is 15.2. The van der Waals surface area contributed by atoms with Crippen molar-refractivity contribution in [2.75, 3.05) is 13.1 Å². The lowest BCUT2D eigenvalue weighted by molar-refractivity contribution is 0.0773. The van der Waals surface area contributed by atoms with Gasteiger partial charge in [0.25, 0.3) is 5.91 Å². The highest BCUT2D eigenvalue weighted by atomic mass is 16.3. The summed E-state index contributed by atoms with van der Waals surface area (Å²) in [5.74, 6) is 0.273. The van der Waals surface area contributed by atoms with Crippen LogP contribution in [0.2, 0.25) is 0 Å². The number of phenols is 1. The molecule has 0 saturated heterocycles. The van der Waals surface area contributed by atoms with Gasteiger partial charge in [0.05, 0.1) is 0 Å². The van der Waals surface area contributed by atoms with E-state index in [2.05, 4.69) is 0 Å². The minimum atomic E-state index is 0.0274. The summed E-state index contributed by atoms with van der Waals surface area (Å²) in [7, 11) is 0. The van der Waals surface area contributed by atoms with Crippen molar-refractivity contribution in [3.63, 3.8) is 0 Å². The molecule has 1 N–H and O–H groups in total. The molecule has 0 atom stereocenters. The van der Waals surface area contributed by atoms with E-state index < -0.39 is 0 Å². The number of phenolic OH excluding ortho intramolecular Hbond substituents is 1. The number of amides is 1. The summed E-state index contributed by atoms with van der Waals surface area (Å²) in [6.07, 6.45) is 0. The molecule has 0 bridgehead atoms. The smallest absolute Gasteiger partial charge is 0.253 e.